The molecule has 1 aromatic carbocycles. The van der Waals surface area contributed by atoms with E-state index in [4.69, 9.17) is 14.5 Å². The van der Waals surface area contributed by atoms with Gasteiger partial charge in [-0.15, -0.1) is 0 Å². The summed E-state index contributed by atoms with van der Waals surface area (Å²) in [6.45, 7) is 2.23. The van der Waals surface area contributed by atoms with Gasteiger partial charge in [0, 0.05) is 42.0 Å². The second-order valence-corrected chi connectivity index (χ2v) is 10.6. The molecule has 2 saturated carbocycles. The third-order valence-electron chi connectivity index (χ3n) is 7.57. The Morgan fingerprint density at radius 3 is 2.70 bits per heavy atom. The number of ether oxygens (including phenoxy) is 2. The van der Waals surface area contributed by atoms with Gasteiger partial charge in [0.2, 0.25) is 17.7 Å². The van der Waals surface area contributed by atoms with Crippen LogP contribution in [0.1, 0.15) is 63.5 Å². The Hall–Kier alpha value is -2.91. The molecule has 5 rings (SSSR count). The number of carbonyl (C=O) groups is 2. The lowest BCUT2D eigenvalue weighted by Gasteiger charge is -2.27. The second kappa shape index (κ2) is 11.2. The summed E-state index contributed by atoms with van der Waals surface area (Å²) in [4.78, 5) is 30.7. The van der Waals surface area contributed by atoms with E-state index < -0.39 is 18.0 Å². The molecule has 37 heavy (non-hydrogen) atoms. The second-order valence-electron chi connectivity index (χ2n) is 10.6. The number of aromatic nitrogens is 1. The molecule has 4 N–H and O–H groups in total. The van der Waals surface area contributed by atoms with E-state index in [-0.39, 0.29) is 30.6 Å². The molecule has 0 radical (unpaired) electrons. The smallest absolute Gasteiger partial charge is 0.237 e. The van der Waals surface area contributed by atoms with Crippen molar-refractivity contribution < 1.29 is 24.2 Å². The summed E-state index contributed by atoms with van der Waals surface area (Å²) in [5.74, 6) is 0.849. The normalized spacial score (nSPS) is 22.9. The quantitative estimate of drug-likeness (QED) is 0.346. The fourth-order valence-electron chi connectivity index (χ4n) is 5.08. The Labute approximate surface area is 217 Å². The summed E-state index contributed by atoms with van der Waals surface area (Å²) in [5.41, 5.74) is 1.04. The maximum Gasteiger partial charge on any atom is 0.237 e. The van der Waals surface area contributed by atoms with Gasteiger partial charge in [-0.3, -0.25) is 9.59 Å². The maximum atomic E-state index is 13.2. The van der Waals surface area contributed by atoms with E-state index in [1.807, 2.05) is 25.1 Å². The molecule has 9 nitrogen and oxygen atoms in total. The van der Waals surface area contributed by atoms with E-state index in [2.05, 4.69) is 22.0 Å². The Morgan fingerprint density at radius 2 is 2.03 bits per heavy atom. The van der Waals surface area contributed by atoms with Gasteiger partial charge in [-0.1, -0.05) is 13.3 Å². The number of nitrogens with one attached hydrogen (secondary N) is 3. The van der Waals surface area contributed by atoms with Crippen molar-refractivity contribution in [3.05, 3.63) is 30.0 Å². The number of fused-ring (bicyclic) bond motifs is 1. The van der Waals surface area contributed by atoms with Crippen LogP contribution in [0.25, 0.3) is 10.8 Å². The minimum atomic E-state index is -0.657. The zero-order chi connectivity index (χ0) is 25.9. The van der Waals surface area contributed by atoms with Gasteiger partial charge in [0.05, 0.1) is 25.7 Å². The van der Waals surface area contributed by atoms with Gasteiger partial charge in [0.15, 0.2) is 0 Å². The molecule has 2 amide bonds. The van der Waals surface area contributed by atoms with Crippen molar-refractivity contribution in [1.82, 2.24) is 20.9 Å². The van der Waals surface area contributed by atoms with E-state index in [0.717, 1.165) is 54.3 Å². The number of pyridine rings is 1. The van der Waals surface area contributed by atoms with Gasteiger partial charge in [0.1, 0.15) is 11.9 Å². The minimum absolute atomic E-state index is 0.170. The number of hydrogen-bond donors (Lipinski definition) is 4. The van der Waals surface area contributed by atoms with Crippen LogP contribution in [0, 0.1) is 5.92 Å². The standard InChI is InChI=1S/C28H38N4O5/c1-3-4-23(22(15-33)26(34)30-18-7-8-18)31-27(35)25-13-20(14-29-25)37-28-21-10-9-19(36-2)11-17(21)12-24(32-28)16-5-6-16/h9-12,16,18,20,22-23,25,29,33H,3-8,13-15H2,1-2H3,(H,30,34)(H,31,35)/t20-,22?,23+,25?/m1/s1. The predicted molar refractivity (Wildman–Crippen MR) is 140 cm³/mol. The minimum Gasteiger partial charge on any atom is -0.497 e. The van der Waals surface area contributed by atoms with Crippen LogP contribution in [0.4, 0.5) is 0 Å². The maximum absolute atomic E-state index is 13.2. The number of carbonyl (C=O) groups excluding carboxylic acids is 2. The van der Waals surface area contributed by atoms with Crippen molar-refractivity contribution in [3.8, 4) is 11.6 Å². The third kappa shape index (κ3) is 6.15. The number of amides is 2. The molecule has 200 valence electrons. The summed E-state index contributed by atoms with van der Waals surface area (Å²) in [6.07, 6.45) is 5.93. The van der Waals surface area contributed by atoms with Gasteiger partial charge >= 0.3 is 0 Å². The van der Waals surface area contributed by atoms with E-state index in [9.17, 15) is 14.7 Å². The number of rotatable bonds is 12. The fraction of sp³-hybridized carbons (Fsp3) is 0.607. The van der Waals surface area contributed by atoms with E-state index in [0.29, 0.717) is 31.2 Å². The van der Waals surface area contributed by atoms with Crippen molar-refractivity contribution in [1.29, 1.82) is 0 Å². The van der Waals surface area contributed by atoms with Gasteiger partial charge < -0.3 is 30.5 Å². The lowest BCUT2D eigenvalue weighted by atomic mass is 9.95. The Kier molecular flexibility index (Phi) is 7.81. The monoisotopic (exact) mass is 510 g/mol. The first-order valence-corrected chi connectivity index (χ1v) is 13.6. The van der Waals surface area contributed by atoms with Crippen molar-refractivity contribution in [2.75, 3.05) is 20.3 Å². The molecule has 3 aliphatic rings. The molecular formula is C28H38N4O5. The van der Waals surface area contributed by atoms with Crippen LogP contribution in [0.2, 0.25) is 0 Å². The average molecular weight is 511 g/mol. The largest absolute Gasteiger partial charge is 0.497 e. The highest BCUT2D eigenvalue weighted by Crippen LogP contribution is 2.42. The van der Waals surface area contributed by atoms with E-state index >= 15 is 0 Å². The first-order chi connectivity index (χ1) is 18.0. The van der Waals surface area contributed by atoms with Crippen LogP contribution in [-0.2, 0) is 9.59 Å². The van der Waals surface area contributed by atoms with E-state index in [1.165, 1.54) is 0 Å². The van der Waals surface area contributed by atoms with Gasteiger partial charge in [0.25, 0.3) is 0 Å². The van der Waals surface area contributed by atoms with Crippen LogP contribution in [0.15, 0.2) is 24.3 Å². The van der Waals surface area contributed by atoms with Crippen molar-refractivity contribution >= 4 is 22.6 Å². The number of methoxy groups -OCH3 is 1. The summed E-state index contributed by atoms with van der Waals surface area (Å²) >= 11 is 0. The summed E-state index contributed by atoms with van der Waals surface area (Å²) < 4.78 is 11.8. The Morgan fingerprint density at radius 1 is 1.22 bits per heavy atom. The van der Waals surface area contributed by atoms with Crippen LogP contribution in [0.5, 0.6) is 11.6 Å². The highest BCUT2D eigenvalue weighted by atomic mass is 16.5. The van der Waals surface area contributed by atoms with Crippen LogP contribution < -0.4 is 25.4 Å². The lowest BCUT2D eigenvalue weighted by Crippen LogP contribution is -2.52. The molecule has 2 unspecified atom stereocenters. The van der Waals surface area contributed by atoms with Gasteiger partial charge in [-0.2, -0.15) is 0 Å². The molecule has 2 heterocycles. The van der Waals surface area contributed by atoms with Crippen molar-refractivity contribution in [3.63, 3.8) is 0 Å². The predicted octanol–water partition coefficient (Wildman–Crippen LogP) is 2.40. The molecule has 1 aliphatic heterocycles. The zero-order valence-electron chi connectivity index (χ0n) is 21.7. The lowest BCUT2D eigenvalue weighted by molar-refractivity contribution is -0.129. The highest BCUT2D eigenvalue weighted by molar-refractivity contribution is 5.89. The topological polar surface area (TPSA) is 122 Å². The Bertz CT molecular complexity index is 1130. The molecule has 9 heteroatoms. The third-order valence-corrected chi connectivity index (χ3v) is 7.57. The number of hydrogen-bond acceptors (Lipinski definition) is 7. The summed E-state index contributed by atoms with van der Waals surface area (Å²) in [5, 5.41) is 21.2. The van der Waals surface area contributed by atoms with Crippen molar-refractivity contribution in [2.45, 2.75) is 82.0 Å². The van der Waals surface area contributed by atoms with Gasteiger partial charge in [-0.05, 0) is 61.8 Å². The molecule has 4 atom stereocenters. The Balaban J connectivity index is 1.24. The molecule has 1 aromatic heterocycles. The number of benzene rings is 1. The zero-order valence-corrected chi connectivity index (χ0v) is 21.7. The SMILES string of the molecule is CCC[C@H](NC(=O)C1C[C@@H](Oc2nc(C3CC3)cc3cc(OC)ccc23)CN1)C(CO)C(=O)NC1CC1. The number of aliphatic hydroxyl groups is 1. The highest BCUT2D eigenvalue weighted by Gasteiger charge is 2.36. The molecule has 2 aromatic rings. The first kappa shape index (κ1) is 25.7. The average Bonchev–Trinajstić information content (AvgIpc) is 3.83. The number of aliphatic hydroxyl groups excluding tert-OH is 1. The first-order valence-electron chi connectivity index (χ1n) is 13.6. The number of nitrogens with zero attached hydrogens (tertiary/aromatic N) is 1. The molecule has 0 spiro atoms. The van der Waals surface area contributed by atoms with Crippen LogP contribution in [-0.4, -0.2) is 66.4 Å². The molecule has 2 aliphatic carbocycles. The molecular weight excluding hydrogens is 472 g/mol. The fourth-order valence-corrected chi connectivity index (χ4v) is 5.08. The van der Waals surface area contributed by atoms with E-state index in [1.54, 1.807) is 7.11 Å². The molecule has 1 saturated heterocycles. The summed E-state index contributed by atoms with van der Waals surface area (Å²) in [6, 6.07) is 7.35. The molecule has 3 fully saturated rings. The van der Waals surface area contributed by atoms with Gasteiger partial charge in [-0.25, -0.2) is 4.98 Å². The van der Waals surface area contributed by atoms with Crippen molar-refractivity contribution in [2.24, 2.45) is 5.92 Å². The molecule has 0 bridgehead atoms. The van der Waals surface area contributed by atoms with Crippen LogP contribution >= 0.6 is 0 Å². The summed E-state index contributed by atoms with van der Waals surface area (Å²) in [7, 11) is 1.66. The van der Waals surface area contributed by atoms with Crippen LogP contribution in [0.3, 0.4) is 0 Å².